The Hall–Kier alpha value is -15.6. The fraction of sp³-hybridized carbons (Fsp3) is 0. The van der Waals surface area contributed by atoms with Crippen molar-refractivity contribution in [3.8, 4) is 67.5 Å². The van der Waals surface area contributed by atoms with Crippen LogP contribution >= 0.6 is 47.8 Å². The quantitative estimate of drug-likeness (QED) is 0.122. The molecule has 0 amide bonds. The van der Waals surface area contributed by atoms with E-state index in [2.05, 4.69) is 419 Å². The van der Waals surface area contributed by atoms with Crippen molar-refractivity contribution in [2.75, 3.05) is 0 Å². The predicted molar refractivity (Wildman–Crippen MR) is 554 cm³/mol. The van der Waals surface area contributed by atoms with Crippen LogP contribution in [-0.2, 0) is 0 Å². The Bertz CT molecular complexity index is 9890. The van der Waals surface area contributed by atoms with Gasteiger partial charge in [-0.25, -0.2) is 15.0 Å². The Kier molecular flexibility index (Phi) is 15.9. The zero-order chi connectivity index (χ0) is 85.4. The molecule has 0 aliphatic carbocycles. The summed E-state index contributed by atoms with van der Waals surface area (Å²) in [6.07, 6.45) is 0. The van der Waals surface area contributed by atoms with Crippen molar-refractivity contribution in [1.82, 2.24) is 28.2 Å². The van der Waals surface area contributed by atoms with E-state index in [1.54, 1.807) is 0 Å². The van der Waals surface area contributed by atoms with Crippen LogP contribution < -0.4 is 0 Å². The van der Waals surface area contributed by atoms with E-state index < -0.39 is 0 Å². The molecular weight excluding hydrogens is 1790 g/mol. The van der Waals surface area contributed by atoms with Gasteiger partial charge in [-0.05, 0) is 205 Å². The van der Waals surface area contributed by atoms with Crippen LogP contribution in [0.5, 0.6) is 0 Å². The van der Waals surface area contributed by atoms with E-state index in [0.29, 0.717) is 5.82 Å². The molecule has 0 aliphatic rings. The molecule has 0 N–H and O–H groups in total. The van der Waals surface area contributed by atoms with Crippen molar-refractivity contribution in [3.05, 3.63) is 408 Å². The molecule has 130 heavy (non-hydrogen) atoms. The molecule has 0 atom stereocenters. The number of nitrogens with zero attached hydrogens (tertiary/aromatic N) is 6. The molecule has 10 aromatic heterocycles. The number of furan rings is 2. The number of rotatable bonds is 6. The van der Waals surface area contributed by atoms with Gasteiger partial charge >= 0.3 is 0 Å². The van der Waals surface area contributed by atoms with Gasteiger partial charge in [0.15, 0.2) is 5.82 Å². The third-order valence-electron chi connectivity index (χ3n) is 27.3. The lowest BCUT2D eigenvalue weighted by atomic mass is 9.95. The van der Waals surface area contributed by atoms with Crippen LogP contribution in [0, 0.1) is 0 Å². The van der Waals surface area contributed by atoms with Gasteiger partial charge in [-0.2, -0.15) is 0 Å². The summed E-state index contributed by atoms with van der Waals surface area (Å²) in [5, 5.41) is 32.2. The van der Waals surface area contributed by atoms with Crippen molar-refractivity contribution < 1.29 is 8.83 Å². The number of hydrogen-bond acceptors (Lipinski definition) is 5. The average molecular weight is 1850 g/mol. The molecule has 0 saturated heterocycles. The first-order valence-electron chi connectivity index (χ1n) is 43.7. The molecule has 0 unspecified atom stereocenters. The van der Waals surface area contributed by atoms with Crippen molar-refractivity contribution in [2.45, 2.75) is 0 Å². The third-order valence-corrected chi connectivity index (χ3v) is 29.1. The van der Waals surface area contributed by atoms with Gasteiger partial charge in [-0.1, -0.05) is 303 Å². The minimum absolute atomic E-state index is 0.662. The van der Waals surface area contributed by atoms with Gasteiger partial charge in [0.25, 0.3) is 0 Å². The second-order valence-corrected chi connectivity index (χ2v) is 36.9. The molecule has 0 aliphatic heterocycles. The summed E-state index contributed by atoms with van der Waals surface area (Å²) in [5.41, 5.74) is 24.9. The molecule has 20 aromatic carbocycles. The van der Waals surface area contributed by atoms with E-state index in [0.717, 1.165) is 157 Å². The summed E-state index contributed by atoms with van der Waals surface area (Å²) in [4.78, 5) is 16.1. The molecular formula is C119H65Br3N6O2. The second-order valence-electron chi connectivity index (χ2n) is 34.3. The summed E-state index contributed by atoms with van der Waals surface area (Å²) in [7, 11) is 0. The van der Waals surface area contributed by atoms with Gasteiger partial charge in [-0.15, -0.1) is 0 Å². The van der Waals surface area contributed by atoms with Gasteiger partial charge in [0.1, 0.15) is 22.3 Å². The van der Waals surface area contributed by atoms with Gasteiger partial charge in [0.2, 0.25) is 0 Å². The van der Waals surface area contributed by atoms with Gasteiger partial charge in [0, 0.05) is 127 Å². The maximum Gasteiger partial charge on any atom is 0.160 e. The van der Waals surface area contributed by atoms with Gasteiger partial charge < -0.3 is 22.0 Å². The first kappa shape index (κ1) is 73.6. The number of aromatic nitrogens is 6. The number of fused-ring (bicyclic) bond motifs is 25. The number of halogens is 3. The molecule has 30 aromatic rings. The average Bonchev–Trinajstić information content (AvgIpc) is 1.54. The normalized spacial score (nSPS) is 12.3. The molecule has 8 nitrogen and oxygen atoms in total. The second kappa shape index (κ2) is 28.2. The zero-order valence-corrected chi connectivity index (χ0v) is 73.9. The first-order valence-corrected chi connectivity index (χ1v) is 46.1. The summed E-state index contributed by atoms with van der Waals surface area (Å²) in [6, 6.07) is 141. The Balaban J connectivity index is 0.000000122. The van der Waals surface area contributed by atoms with E-state index in [9.17, 15) is 0 Å². The summed E-state index contributed by atoms with van der Waals surface area (Å²) >= 11 is 11.5. The van der Waals surface area contributed by atoms with Crippen LogP contribution in [0.1, 0.15) is 0 Å². The first-order chi connectivity index (χ1) is 64.2. The van der Waals surface area contributed by atoms with Crippen molar-refractivity contribution in [3.63, 3.8) is 0 Å². The predicted octanol–water partition coefficient (Wildman–Crippen LogP) is 34.5. The largest absolute Gasteiger partial charge is 0.456 e. The maximum absolute atomic E-state index is 6.47. The molecule has 30 rings (SSSR count). The lowest BCUT2D eigenvalue weighted by Gasteiger charge is -2.15. The fourth-order valence-electron chi connectivity index (χ4n) is 21.7. The number of para-hydroxylation sites is 3. The number of hydrogen-bond donors (Lipinski definition) is 0. The van der Waals surface area contributed by atoms with Crippen molar-refractivity contribution in [1.29, 1.82) is 0 Å². The number of benzene rings is 20. The summed E-state index contributed by atoms with van der Waals surface area (Å²) in [5.74, 6) is 0.662. The highest BCUT2D eigenvalue weighted by Crippen LogP contribution is 2.51. The molecule has 0 saturated carbocycles. The topological polar surface area (TPSA) is 78.2 Å². The lowest BCUT2D eigenvalue weighted by molar-refractivity contribution is 0.668. The maximum atomic E-state index is 6.47. The Morgan fingerprint density at radius 3 is 1.37 bits per heavy atom. The third kappa shape index (κ3) is 10.9. The lowest BCUT2D eigenvalue weighted by Crippen LogP contribution is -1.96. The fourth-order valence-corrected chi connectivity index (χ4v) is 23.1. The van der Waals surface area contributed by atoms with E-state index in [1.165, 1.54) is 130 Å². The minimum Gasteiger partial charge on any atom is -0.456 e. The van der Waals surface area contributed by atoms with Crippen LogP contribution in [0.3, 0.4) is 0 Å². The van der Waals surface area contributed by atoms with Crippen molar-refractivity contribution >= 4 is 260 Å². The van der Waals surface area contributed by atoms with Gasteiger partial charge in [0.05, 0.1) is 72.4 Å². The Labute approximate surface area is 765 Å². The number of pyridine rings is 4. The smallest absolute Gasteiger partial charge is 0.160 e. The summed E-state index contributed by atoms with van der Waals surface area (Å²) < 4.78 is 23.6. The standard InChI is InChI=1S/C67H37BrN4O2.2C26H14BrN/c68-54-28-27-49-52-31-44(56-34-43(40-22-25-47-45-16-7-9-20-61(45)73-63(47)35-40)33-55(69-56)41-23-26-48-46-17-8-10-21-62(46)74-64(48)36-41)32-53-51-30-42(24-29-59(51)72(66(52)53)60-19-11-18-50(54)65(49)60)67-70-57(38-12-3-1-4-13-38)37-58(71-67)39-14-5-2-6-15-39;27-17-13-20-19-9-3-6-16-7-4-10-22(24(16)19)28-23-12-11-15-5-1-2-8-18(15)25(23)21(14-17)26(20)28;27-21-13-12-19-18-10-5-9-17-16-7-2-1-6-15(16)14-23(24(17)18)28-22-11-4-3-8-20(22)25(21)26(19)28/h1-37H;2*1-14H. The SMILES string of the molecule is Brc1cc2c3cccc4cccc(c43)n3c4ccc5ccccc5c4c(c1)c23.Brc1ccc2c3cc(-c4cc(-c5ccc6c(c5)oc5ccccc56)cc(-c5ccc6c(c5)oc5ccccc56)n4)cc4c5cc(-c6nc(-c7ccccc7)cc(-c7ccccc7)n6)ccc5n(c5cccc1c25)c34.Brc1ccc2c3cccc4c5ccccc5cc(c43)n3c4ccccc4c1c23. The van der Waals surface area contributed by atoms with E-state index in [-0.39, 0.29) is 0 Å². The molecule has 0 radical (unpaired) electrons. The highest BCUT2D eigenvalue weighted by Gasteiger charge is 2.27. The molecule has 10 heterocycles. The highest BCUT2D eigenvalue weighted by atomic mass is 79.9. The van der Waals surface area contributed by atoms with Gasteiger partial charge in [-0.3, -0.25) is 0 Å². The van der Waals surface area contributed by atoms with Crippen LogP contribution in [0.25, 0.3) is 280 Å². The molecule has 0 bridgehead atoms. The Morgan fingerprint density at radius 2 is 0.623 bits per heavy atom. The van der Waals surface area contributed by atoms with E-state index >= 15 is 0 Å². The van der Waals surface area contributed by atoms with Crippen LogP contribution in [-0.4, -0.2) is 28.2 Å². The van der Waals surface area contributed by atoms with Crippen molar-refractivity contribution in [2.24, 2.45) is 0 Å². The minimum atomic E-state index is 0.662. The zero-order valence-electron chi connectivity index (χ0n) is 69.2. The summed E-state index contributed by atoms with van der Waals surface area (Å²) in [6.45, 7) is 0. The van der Waals surface area contributed by atoms with Crippen LogP contribution in [0.4, 0.5) is 0 Å². The molecule has 0 fully saturated rings. The molecule has 11 heteroatoms. The van der Waals surface area contributed by atoms with E-state index in [4.69, 9.17) is 23.8 Å². The monoisotopic (exact) mass is 1850 g/mol. The van der Waals surface area contributed by atoms with E-state index in [1.807, 2.05) is 36.4 Å². The highest BCUT2D eigenvalue weighted by molar-refractivity contribution is 9.11. The molecule has 604 valence electrons. The molecule has 0 spiro atoms. The van der Waals surface area contributed by atoms with Crippen LogP contribution in [0.15, 0.2) is 417 Å². The van der Waals surface area contributed by atoms with Crippen LogP contribution in [0.2, 0.25) is 0 Å². The Morgan fingerprint density at radius 1 is 0.185 bits per heavy atom.